The fraction of sp³-hybridized carbons (Fsp3) is 0.400. The van der Waals surface area contributed by atoms with E-state index in [1.807, 2.05) is 0 Å². The largest absolute Gasteiger partial charge is 0.309 e. The van der Waals surface area contributed by atoms with E-state index in [0.717, 1.165) is 19.5 Å². The van der Waals surface area contributed by atoms with Crippen LogP contribution in [-0.2, 0) is 12.1 Å². The van der Waals surface area contributed by atoms with E-state index in [4.69, 9.17) is 0 Å². The van der Waals surface area contributed by atoms with Gasteiger partial charge in [-0.2, -0.15) is 0 Å². The molecule has 1 unspecified atom stereocenters. The van der Waals surface area contributed by atoms with E-state index in [-0.39, 0.29) is 30.4 Å². The number of fused-ring (bicyclic) bond motifs is 1. The first-order chi connectivity index (χ1) is 10.6. The minimum atomic E-state index is 0. The highest BCUT2D eigenvalue weighted by molar-refractivity contribution is 5.85. The average molecular weight is 367 g/mol. The van der Waals surface area contributed by atoms with Crippen molar-refractivity contribution in [3.05, 3.63) is 71.3 Å². The predicted molar refractivity (Wildman–Crippen MR) is 107 cm³/mol. The smallest absolute Gasteiger partial charge is 0.0719 e. The van der Waals surface area contributed by atoms with Crippen LogP contribution >= 0.6 is 24.8 Å². The van der Waals surface area contributed by atoms with Crippen LogP contribution in [0.3, 0.4) is 0 Å². The second kappa shape index (κ2) is 8.87. The van der Waals surface area contributed by atoms with Crippen LogP contribution in [0.5, 0.6) is 0 Å². The molecule has 2 nitrogen and oxygen atoms in total. The number of hydrogen-bond donors (Lipinski definition) is 0. The van der Waals surface area contributed by atoms with Gasteiger partial charge in [0.15, 0.2) is 0 Å². The summed E-state index contributed by atoms with van der Waals surface area (Å²) in [6.45, 7) is 2.16. The van der Waals surface area contributed by atoms with Crippen LogP contribution in [0.4, 0.5) is 0 Å². The minimum Gasteiger partial charge on any atom is -0.309 e. The zero-order valence-electron chi connectivity index (χ0n) is 14.7. The normalized spacial score (nSPS) is 19.5. The van der Waals surface area contributed by atoms with Crippen LogP contribution in [0.1, 0.15) is 29.5 Å². The van der Waals surface area contributed by atoms with E-state index in [1.54, 1.807) is 0 Å². The van der Waals surface area contributed by atoms with Crippen molar-refractivity contribution in [2.45, 2.75) is 24.9 Å². The highest BCUT2D eigenvalue weighted by atomic mass is 35.5. The molecule has 0 saturated heterocycles. The molecule has 0 N–H and O–H groups in total. The lowest BCUT2D eigenvalue weighted by atomic mass is 9.79. The molecule has 0 aliphatic carbocycles. The van der Waals surface area contributed by atoms with E-state index < -0.39 is 0 Å². The van der Waals surface area contributed by atoms with Crippen LogP contribution in [0.15, 0.2) is 54.6 Å². The molecule has 2 aromatic carbocycles. The van der Waals surface area contributed by atoms with E-state index in [9.17, 15) is 0 Å². The highest BCUT2D eigenvalue weighted by Crippen LogP contribution is 2.46. The molecule has 0 bridgehead atoms. The lowest BCUT2D eigenvalue weighted by molar-refractivity contribution is 0.160. The van der Waals surface area contributed by atoms with Gasteiger partial charge in [0, 0.05) is 6.54 Å². The standard InChI is InChI=1S/C20H26N2.2ClH/c1-21(2)15-9-14-20(18-11-5-4-6-12-18)19-13-8-7-10-17(19)16-22(20)3;;/h4-8,10-13H,9,14-16H2,1-3H3;2*1H. The van der Waals surface area contributed by atoms with Gasteiger partial charge in [0.2, 0.25) is 0 Å². The SMILES string of the molecule is CN(C)CCCC1(c2ccccc2)c2ccccc2CN1C.Cl.Cl. The molecular weight excluding hydrogens is 339 g/mol. The maximum absolute atomic E-state index is 2.53. The van der Waals surface area contributed by atoms with E-state index in [2.05, 4.69) is 85.5 Å². The monoisotopic (exact) mass is 366 g/mol. The Morgan fingerprint density at radius 1 is 0.958 bits per heavy atom. The summed E-state index contributed by atoms with van der Waals surface area (Å²) in [4.78, 5) is 4.81. The molecule has 2 aromatic rings. The molecule has 0 amide bonds. The van der Waals surface area contributed by atoms with E-state index in [1.165, 1.54) is 23.1 Å². The molecule has 3 rings (SSSR count). The molecule has 0 aromatic heterocycles. The predicted octanol–water partition coefficient (Wildman–Crippen LogP) is 4.56. The molecule has 0 fully saturated rings. The van der Waals surface area contributed by atoms with Gasteiger partial charge in [-0.3, -0.25) is 4.90 Å². The van der Waals surface area contributed by atoms with Gasteiger partial charge in [-0.05, 0) is 57.2 Å². The van der Waals surface area contributed by atoms with Gasteiger partial charge in [0.05, 0.1) is 5.54 Å². The second-order valence-corrected chi connectivity index (χ2v) is 6.65. The number of hydrogen-bond acceptors (Lipinski definition) is 2. The number of halogens is 2. The topological polar surface area (TPSA) is 6.48 Å². The van der Waals surface area contributed by atoms with Crippen LogP contribution in [0, 0.1) is 0 Å². The molecule has 132 valence electrons. The average Bonchev–Trinajstić information content (AvgIpc) is 2.81. The van der Waals surface area contributed by atoms with Crippen LogP contribution in [0.2, 0.25) is 0 Å². The third-order valence-corrected chi connectivity index (χ3v) is 4.92. The Labute approximate surface area is 158 Å². The second-order valence-electron chi connectivity index (χ2n) is 6.65. The van der Waals surface area contributed by atoms with Crippen molar-refractivity contribution >= 4 is 24.8 Å². The Morgan fingerprint density at radius 2 is 1.58 bits per heavy atom. The Balaban J connectivity index is 0.00000144. The molecule has 24 heavy (non-hydrogen) atoms. The van der Waals surface area contributed by atoms with Crippen molar-refractivity contribution in [1.29, 1.82) is 0 Å². The molecule has 0 radical (unpaired) electrons. The molecule has 1 aliphatic heterocycles. The lowest BCUT2D eigenvalue weighted by Crippen LogP contribution is -2.40. The van der Waals surface area contributed by atoms with Gasteiger partial charge in [0.1, 0.15) is 0 Å². The minimum absolute atomic E-state index is 0. The van der Waals surface area contributed by atoms with Crippen LogP contribution in [-0.4, -0.2) is 37.5 Å². The first kappa shape index (κ1) is 21.0. The Kier molecular flexibility index (Phi) is 7.75. The molecule has 4 heteroatoms. The van der Waals surface area contributed by atoms with E-state index in [0.29, 0.717) is 0 Å². The summed E-state index contributed by atoms with van der Waals surface area (Å²) in [7, 11) is 6.58. The van der Waals surface area contributed by atoms with Crippen molar-refractivity contribution in [1.82, 2.24) is 9.80 Å². The van der Waals surface area contributed by atoms with Gasteiger partial charge < -0.3 is 4.90 Å². The maximum Gasteiger partial charge on any atom is 0.0719 e. The number of benzene rings is 2. The Morgan fingerprint density at radius 3 is 2.25 bits per heavy atom. The van der Waals surface area contributed by atoms with Crippen molar-refractivity contribution < 1.29 is 0 Å². The van der Waals surface area contributed by atoms with Crippen LogP contribution < -0.4 is 0 Å². The number of rotatable bonds is 5. The Hall–Kier alpha value is -1.06. The third kappa shape index (κ3) is 3.78. The number of nitrogens with zero attached hydrogens (tertiary/aromatic N) is 2. The quantitative estimate of drug-likeness (QED) is 0.764. The maximum atomic E-state index is 2.53. The van der Waals surface area contributed by atoms with E-state index >= 15 is 0 Å². The first-order valence-corrected chi connectivity index (χ1v) is 8.14. The fourth-order valence-electron chi connectivity index (χ4n) is 3.87. The summed E-state index contributed by atoms with van der Waals surface area (Å²) in [5, 5.41) is 0. The van der Waals surface area contributed by atoms with Crippen molar-refractivity contribution in [2.75, 3.05) is 27.7 Å². The molecule has 1 aliphatic rings. The molecule has 1 heterocycles. The summed E-state index contributed by atoms with van der Waals surface area (Å²) in [5.41, 5.74) is 4.40. The summed E-state index contributed by atoms with van der Waals surface area (Å²) in [5.74, 6) is 0. The lowest BCUT2D eigenvalue weighted by Gasteiger charge is -2.38. The summed E-state index contributed by atoms with van der Waals surface area (Å²) >= 11 is 0. The van der Waals surface area contributed by atoms with Gasteiger partial charge in [-0.1, -0.05) is 54.6 Å². The van der Waals surface area contributed by atoms with Gasteiger partial charge in [-0.25, -0.2) is 0 Å². The third-order valence-electron chi connectivity index (χ3n) is 4.92. The molecule has 0 saturated carbocycles. The van der Waals surface area contributed by atoms with Gasteiger partial charge in [-0.15, -0.1) is 24.8 Å². The zero-order valence-corrected chi connectivity index (χ0v) is 16.4. The first-order valence-electron chi connectivity index (χ1n) is 8.14. The molecular formula is C20H28Cl2N2. The zero-order chi connectivity index (χ0) is 15.6. The van der Waals surface area contributed by atoms with Crippen molar-refractivity contribution in [3.63, 3.8) is 0 Å². The van der Waals surface area contributed by atoms with Crippen molar-refractivity contribution in [3.8, 4) is 0 Å². The fourth-order valence-corrected chi connectivity index (χ4v) is 3.87. The summed E-state index contributed by atoms with van der Waals surface area (Å²) < 4.78 is 0. The molecule has 0 spiro atoms. The Bertz CT molecular complexity index is 631. The van der Waals surface area contributed by atoms with Gasteiger partial charge >= 0.3 is 0 Å². The highest BCUT2D eigenvalue weighted by Gasteiger charge is 2.43. The summed E-state index contributed by atoms with van der Waals surface area (Å²) in [6.07, 6.45) is 2.35. The van der Waals surface area contributed by atoms with Crippen LogP contribution in [0.25, 0.3) is 0 Å². The molecule has 1 atom stereocenters. The van der Waals surface area contributed by atoms with Gasteiger partial charge in [0.25, 0.3) is 0 Å². The summed E-state index contributed by atoms with van der Waals surface area (Å²) in [6, 6.07) is 20.0. The van der Waals surface area contributed by atoms with Crippen molar-refractivity contribution in [2.24, 2.45) is 0 Å².